The van der Waals surface area contributed by atoms with Crippen LogP contribution in [0.2, 0.25) is 0 Å². The molecule has 0 saturated carbocycles. The van der Waals surface area contributed by atoms with E-state index in [0.717, 1.165) is 6.66 Å². The Morgan fingerprint density at radius 2 is 2.07 bits per heavy atom. The van der Waals surface area contributed by atoms with Crippen LogP contribution in [0.5, 0.6) is 0 Å². The number of carbonyl (C=O) groups is 2. The minimum absolute atomic E-state index is 0.0869. The van der Waals surface area contributed by atoms with Gasteiger partial charge >= 0.3 is 12.1 Å². The Hall–Kier alpha value is -0.910. The first kappa shape index (κ1) is 13.1. The fourth-order valence-corrected chi connectivity index (χ4v) is 1.42. The van der Waals surface area contributed by atoms with Crippen LogP contribution in [0.15, 0.2) is 0 Å². The number of carbonyl (C=O) groups excluding carboxylic acids is 1. The first-order chi connectivity index (χ1) is 6.22. The fourth-order valence-electron chi connectivity index (χ4n) is 0.658. The summed E-state index contributed by atoms with van der Waals surface area (Å²) >= 11 is 0. The van der Waals surface area contributed by atoms with E-state index in [-0.39, 0.29) is 12.6 Å². The minimum atomic E-state index is -3.23. The van der Waals surface area contributed by atoms with Gasteiger partial charge in [-0.3, -0.25) is 4.57 Å². The van der Waals surface area contributed by atoms with Crippen molar-refractivity contribution in [2.75, 3.05) is 12.8 Å². The lowest BCUT2D eigenvalue weighted by atomic mass is 10.2. The predicted octanol–water partition coefficient (Wildman–Crippen LogP) is -0.175. The molecule has 7 nitrogen and oxygen atoms in total. The molecule has 0 aromatic carbocycles. The van der Waals surface area contributed by atoms with Gasteiger partial charge in [-0.05, 0) is 6.42 Å². The maximum Gasteiger partial charge on any atom is 0.513 e. The van der Waals surface area contributed by atoms with Gasteiger partial charge in [0.15, 0.2) is 7.37 Å². The predicted molar refractivity (Wildman–Crippen MR) is 47.3 cm³/mol. The van der Waals surface area contributed by atoms with E-state index in [0.29, 0.717) is 0 Å². The van der Waals surface area contributed by atoms with Crippen molar-refractivity contribution < 1.29 is 28.9 Å². The molecular weight excluding hydrogens is 213 g/mol. The summed E-state index contributed by atoms with van der Waals surface area (Å²) in [5.74, 6) is -1.12. The van der Waals surface area contributed by atoms with Crippen molar-refractivity contribution in [2.24, 2.45) is 5.73 Å². The highest BCUT2D eigenvalue weighted by Crippen LogP contribution is 2.35. The van der Waals surface area contributed by atoms with Crippen molar-refractivity contribution in [2.45, 2.75) is 12.5 Å². The number of nitrogens with two attached hydrogens (primary N) is 1. The summed E-state index contributed by atoms with van der Waals surface area (Å²) in [6.45, 7) is 1.13. The summed E-state index contributed by atoms with van der Waals surface area (Å²) < 4.78 is 14.6. The number of rotatable bonds is 4. The molecule has 0 aromatic rings. The van der Waals surface area contributed by atoms with Gasteiger partial charge in [0.2, 0.25) is 0 Å². The summed E-state index contributed by atoms with van der Waals surface area (Å²) in [4.78, 5) is 29.5. The first-order valence-electron chi connectivity index (χ1n) is 3.72. The standard InChI is InChI=1S/C6H12NO6P/c1-14(11,12)3-2-4(7)5(8)13-6(9)10/h4H,2-3,7H2,1H3,(H,9,10)(H,11,12). The van der Waals surface area contributed by atoms with Crippen molar-refractivity contribution in [1.29, 1.82) is 0 Å². The highest BCUT2D eigenvalue weighted by atomic mass is 31.2. The van der Waals surface area contributed by atoms with Crippen LogP contribution in [0.25, 0.3) is 0 Å². The molecule has 0 bridgehead atoms. The third-order valence-electron chi connectivity index (χ3n) is 1.35. The monoisotopic (exact) mass is 225 g/mol. The van der Waals surface area contributed by atoms with E-state index in [4.69, 9.17) is 15.7 Å². The Morgan fingerprint density at radius 1 is 1.57 bits per heavy atom. The molecule has 0 aliphatic rings. The quantitative estimate of drug-likeness (QED) is 0.344. The van der Waals surface area contributed by atoms with Crippen LogP contribution in [0, 0.1) is 0 Å². The zero-order valence-electron chi connectivity index (χ0n) is 7.54. The van der Waals surface area contributed by atoms with Crippen molar-refractivity contribution in [1.82, 2.24) is 0 Å². The third-order valence-corrected chi connectivity index (χ3v) is 2.43. The molecule has 0 spiro atoms. The van der Waals surface area contributed by atoms with Crippen LogP contribution in [0.4, 0.5) is 4.79 Å². The van der Waals surface area contributed by atoms with Crippen LogP contribution in [-0.2, 0) is 14.1 Å². The fraction of sp³-hybridized carbons (Fsp3) is 0.667. The minimum Gasteiger partial charge on any atom is -0.449 e. The van der Waals surface area contributed by atoms with Crippen LogP contribution in [0.3, 0.4) is 0 Å². The molecule has 0 saturated heterocycles. The zero-order valence-corrected chi connectivity index (χ0v) is 8.44. The highest BCUT2D eigenvalue weighted by Gasteiger charge is 2.21. The average Bonchev–Trinajstić information content (AvgIpc) is 1.97. The SMILES string of the molecule is CP(=O)(O)CCC(N)C(=O)OC(=O)O. The molecule has 0 aliphatic heterocycles. The van der Waals surface area contributed by atoms with Crippen LogP contribution in [-0.4, -0.2) is 41.0 Å². The Balaban J connectivity index is 3.97. The van der Waals surface area contributed by atoms with Gasteiger partial charge in [-0.2, -0.15) is 0 Å². The second-order valence-electron chi connectivity index (χ2n) is 2.86. The van der Waals surface area contributed by atoms with E-state index in [1.165, 1.54) is 0 Å². The van der Waals surface area contributed by atoms with E-state index in [9.17, 15) is 14.2 Å². The van der Waals surface area contributed by atoms with E-state index in [2.05, 4.69) is 4.74 Å². The molecule has 14 heavy (non-hydrogen) atoms. The molecule has 4 N–H and O–H groups in total. The van der Waals surface area contributed by atoms with Crippen molar-refractivity contribution >= 4 is 19.5 Å². The summed E-state index contributed by atoms with van der Waals surface area (Å²) in [7, 11) is -3.23. The number of hydrogen-bond donors (Lipinski definition) is 3. The van der Waals surface area contributed by atoms with Crippen LogP contribution >= 0.6 is 7.37 Å². The van der Waals surface area contributed by atoms with Gasteiger partial charge in [-0.1, -0.05) is 0 Å². The van der Waals surface area contributed by atoms with Crippen LogP contribution in [0.1, 0.15) is 6.42 Å². The Kier molecular flexibility index (Phi) is 4.76. The van der Waals surface area contributed by atoms with Gasteiger partial charge < -0.3 is 20.5 Å². The summed E-state index contributed by atoms with van der Waals surface area (Å²) in [6.07, 6.45) is -1.98. The van der Waals surface area contributed by atoms with E-state index >= 15 is 0 Å². The van der Waals surface area contributed by atoms with Gasteiger partial charge in [0.05, 0.1) is 0 Å². The van der Waals surface area contributed by atoms with Crippen molar-refractivity contribution in [3.8, 4) is 0 Å². The number of hydrogen-bond acceptors (Lipinski definition) is 5. The summed E-state index contributed by atoms with van der Waals surface area (Å²) in [6, 6.07) is -1.19. The van der Waals surface area contributed by atoms with Gasteiger partial charge in [0.25, 0.3) is 0 Å². The third kappa shape index (κ3) is 6.59. The largest absolute Gasteiger partial charge is 0.513 e. The Labute approximate surface area is 80.3 Å². The lowest BCUT2D eigenvalue weighted by molar-refractivity contribution is -0.140. The number of ether oxygens (including phenoxy) is 1. The zero-order chi connectivity index (χ0) is 11.4. The normalized spacial score (nSPS) is 16.8. The molecule has 8 heteroatoms. The lowest BCUT2D eigenvalue weighted by Gasteiger charge is -2.09. The summed E-state index contributed by atoms with van der Waals surface area (Å²) in [5, 5.41) is 8.06. The van der Waals surface area contributed by atoms with Crippen LogP contribution < -0.4 is 5.73 Å². The number of esters is 1. The maximum atomic E-state index is 10.8. The van der Waals surface area contributed by atoms with Gasteiger partial charge in [-0.15, -0.1) is 0 Å². The second-order valence-corrected chi connectivity index (χ2v) is 5.41. The molecule has 0 aromatic heterocycles. The molecule has 82 valence electrons. The Morgan fingerprint density at radius 3 is 2.43 bits per heavy atom. The van der Waals surface area contributed by atoms with E-state index in [1.807, 2.05) is 0 Å². The van der Waals surface area contributed by atoms with E-state index < -0.39 is 25.5 Å². The Bertz CT molecular complexity index is 271. The van der Waals surface area contributed by atoms with Gasteiger partial charge in [0.1, 0.15) is 6.04 Å². The van der Waals surface area contributed by atoms with Crippen molar-refractivity contribution in [3.05, 3.63) is 0 Å². The molecular formula is C6H12NO6P. The summed E-state index contributed by atoms with van der Waals surface area (Å²) in [5.41, 5.74) is 5.20. The number of carboxylic acid groups (broad SMARTS) is 1. The molecule has 0 amide bonds. The molecule has 0 aliphatic carbocycles. The van der Waals surface area contributed by atoms with Crippen molar-refractivity contribution in [3.63, 3.8) is 0 Å². The smallest absolute Gasteiger partial charge is 0.449 e. The molecule has 0 rings (SSSR count). The molecule has 2 atom stereocenters. The molecule has 2 unspecified atom stereocenters. The maximum absolute atomic E-state index is 10.8. The lowest BCUT2D eigenvalue weighted by Crippen LogP contribution is -2.34. The second kappa shape index (κ2) is 5.09. The van der Waals surface area contributed by atoms with Gasteiger partial charge in [-0.25, -0.2) is 9.59 Å². The molecule has 0 fully saturated rings. The molecule has 0 radical (unpaired) electrons. The topological polar surface area (TPSA) is 127 Å². The molecule has 0 heterocycles. The van der Waals surface area contributed by atoms with E-state index in [1.54, 1.807) is 0 Å². The van der Waals surface area contributed by atoms with Gasteiger partial charge in [0, 0.05) is 12.8 Å². The first-order valence-corrected chi connectivity index (χ1v) is 6.01. The average molecular weight is 225 g/mol. The highest BCUT2D eigenvalue weighted by molar-refractivity contribution is 7.57.